The summed E-state index contributed by atoms with van der Waals surface area (Å²) in [6, 6.07) is 10.7. The second-order valence-electron chi connectivity index (χ2n) is 4.35. The molecule has 2 rings (SSSR count). The monoisotopic (exact) mass is 293 g/mol. The number of benzene rings is 1. The van der Waals surface area contributed by atoms with E-state index in [-0.39, 0.29) is 17.0 Å². The van der Waals surface area contributed by atoms with Crippen molar-refractivity contribution in [2.75, 3.05) is 0 Å². The van der Waals surface area contributed by atoms with E-state index in [2.05, 4.69) is 48.4 Å². The molecule has 0 saturated carbocycles. The van der Waals surface area contributed by atoms with E-state index in [1.54, 1.807) is 0 Å². The fourth-order valence-corrected chi connectivity index (χ4v) is 2.16. The van der Waals surface area contributed by atoms with Crippen LogP contribution in [0.15, 0.2) is 36.5 Å². The zero-order valence-electron chi connectivity index (χ0n) is 10.4. The molecule has 92 valence electrons. The molecule has 0 spiro atoms. The maximum absolute atomic E-state index is 3.39. The minimum Gasteiger partial charge on any atom is -1.00 e. The lowest BCUT2D eigenvalue weighted by Crippen LogP contribution is -3.00. The summed E-state index contributed by atoms with van der Waals surface area (Å²) in [6.45, 7) is 2.25. The third kappa shape index (κ3) is 3.81. The molecular formula is C15H20BrN. The van der Waals surface area contributed by atoms with Gasteiger partial charge in [0.1, 0.15) is 0 Å². The first-order chi connectivity index (χ1) is 7.92. The standard InChI is InChI=1S/C15H19N.BrH/c1-2-3-4-5-10-15-14-9-7-6-8-13(14)11-12-16-15;/h6-9,11-12H,2-5,10H2,1H3;1H. The van der Waals surface area contributed by atoms with E-state index in [1.165, 1.54) is 48.6 Å². The van der Waals surface area contributed by atoms with Gasteiger partial charge in [0.15, 0.2) is 11.9 Å². The average Bonchev–Trinajstić information content (AvgIpc) is 2.35. The Balaban J connectivity index is 0.00000144. The van der Waals surface area contributed by atoms with Gasteiger partial charge in [-0.1, -0.05) is 44.4 Å². The lowest BCUT2D eigenvalue weighted by Gasteiger charge is -2.00. The van der Waals surface area contributed by atoms with Gasteiger partial charge in [-0.15, -0.1) is 0 Å². The smallest absolute Gasteiger partial charge is 0.187 e. The van der Waals surface area contributed by atoms with Gasteiger partial charge in [-0.05, 0) is 17.9 Å². The number of aromatic amines is 1. The summed E-state index contributed by atoms with van der Waals surface area (Å²) in [5.41, 5.74) is 1.38. The maximum atomic E-state index is 3.39. The van der Waals surface area contributed by atoms with Crippen molar-refractivity contribution in [3.63, 3.8) is 0 Å². The van der Waals surface area contributed by atoms with Crippen LogP contribution < -0.4 is 22.0 Å². The summed E-state index contributed by atoms with van der Waals surface area (Å²) in [7, 11) is 0. The molecule has 0 aliphatic carbocycles. The van der Waals surface area contributed by atoms with Gasteiger partial charge in [0.25, 0.3) is 0 Å². The molecule has 17 heavy (non-hydrogen) atoms. The predicted molar refractivity (Wildman–Crippen MR) is 68.3 cm³/mol. The van der Waals surface area contributed by atoms with E-state index in [1.807, 2.05) is 0 Å². The van der Waals surface area contributed by atoms with E-state index in [0.29, 0.717) is 0 Å². The number of H-pyrrole nitrogens is 1. The third-order valence-electron chi connectivity index (χ3n) is 3.09. The molecule has 1 N–H and O–H groups in total. The number of unbranched alkanes of at least 4 members (excludes halogenated alkanes) is 3. The number of rotatable bonds is 5. The van der Waals surface area contributed by atoms with Crippen LogP contribution in [0.2, 0.25) is 0 Å². The quantitative estimate of drug-likeness (QED) is 0.724. The molecule has 0 aliphatic heterocycles. The summed E-state index contributed by atoms with van der Waals surface area (Å²) in [4.78, 5) is 3.39. The van der Waals surface area contributed by atoms with Crippen LogP contribution in [0.25, 0.3) is 10.8 Å². The Labute approximate surface area is 114 Å². The largest absolute Gasteiger partial charge is 1.00 e. The SMILES string of the molecule is CCCCCCc1[nH+]ccc2ccccc12.[Br-]. The van der Waals surface area contributed by atoms with Gasteiger partial charge >= 0.3 is 0 Å². The Morgan fingerprint density at radius 3 is 2.65 bits per heavy atom. The first-order valence-electron chi connectivity index (χ1n) is 6.30. The summed E-state index contributed by atoms with van der Waals surface area (Å²) >= 11 is 0. The molecule has 0 bridgehead atoms. The molecule has 2 heteroatoms. The van der Waals surface area contributed by atoms with Crippen molar-refractivity contribution >= 4 is 10.8 Å². The molecule has 0 aliphatic rings. The van der Waals surface area contributed by atoms with E-state index >= 15 is 0 Å². The molecule has 0 atom stereocenters. The first-order valence-corrected chi connectivity index (χ1v) is 6.30. The van der Waals surface area contributed by atoms with E-state index in [0.717, 1.165) is 0 Å². The lowest BCUT2D eigenvalue weighted by molar-refractivity contribution is -0.388. The van der Waals surface area contributed by atoms with Crippen LogP contribution in [0.1, 0.15) is 38.3 Å². The van der Waals surface area contributed by atoms with Crippen LogP contribution in [-0.4, -0.2) is 0 Å². The number of halogens is 1. The van der Waals surface area contributed by atoms with Gasteiger partial charge in [0.05, 0.1) is 0 Å². The normalized spacial score (nSPS) is 10.2. The fourth-order valence-electron chi connectivity index (χ4n) is 2.16. The number of nitrogens with one attached hydrogen (secondary N) is 1. The zero-order valence-corrected chi connectivity index (χ0v) is 12.0. The van der Waals surface area contributed by atoms with Gasteiger partial charge in [0, 0.05) is 17.9 Å². The highest BCUT2D eigenvalue weighted by Gasteiger charge is 2.06. The Bertz CT molecular complexity index is 448. The molecule has 1 nitrogen and oxygen atoms in total. The van der Waals surface area contributed by atoms with Crippen molar-refractivity contribution in [3.8, 4) is 0 Å². The first kappa shape index (κ1) is 14.2. The average molecular weight is 294 g/mol. The molecule has 0 fully saturated rings. The molecule has 2 aromatic rings. The second kappa shape index (κ2) is 7.44. The minimum atomic E-state index is 0. The van der Waals surface area contributed by atoms with Gasteiger partial charge in [-0.2, -0.15) is 0 Å². The molecule has 1 aromatic carbocycles. The van der Waals surface area contributed by atoms with Crippen LogP contribution in [0.5, 0.6) is 0 Å². The summed E-state index contributed by atoms with van der Waals surface area (Å²) in [6.07, 6.45) is 8.51. The maximum Gasteiger partial charge on any atom is 0.187 e. The van der Waals surface area contributed by atoms with Crippen molar-refractivity contribution < 1.29 is 22.0 Å². The topological polar surface area (TPSA) is 14.1 Å². The fraction of sp³-hybridized carbons (Fsp3) is 0.400. The molecule has 0 amide bonds. The number of hydrogen-bond donors (Lipinski definition) is 0. The lowest BCUT2D eigenvalue weighted by atomic mass is 10.0. The van der Waals surface area contributed by atoms with Crippen LogP contribution in [-0.2, 0) is 6.42 Å². The second-order valence-corrected chi connectivity index (χ2v) is 4.35. The van der Waals surface area contributed by atoms with E-state index in [9.17, 15) is 0 Å². The van der Waals surface area contributed by atoms with Crippen molar-refractivity contribution in [2.45, 2.75) is 39.0 Å². The number of aryl methyl sites for hydroxylation is 1. The highest BCUT2D eigenvalue weighted by atomic mass is 79.9. The summed E-state index contributed by atoms with van der Waals surface area (Å²) < 4.78 is 0. The van der Waals surface area contributed by atoms with Gasteiger partial charge in [-0.25, -0.2) is 4.98 Å². The predicted octanol–water partition coefficient (Wildman–Crippen LogP) is 0.781. The van der Waals surface area contributed by atoms with Crippen molar-refractivity contribution in [3.05, 3.63) is 42.2 Å². The Hall–Kier alpha value is -0.890. The van der Waals surface area contributed by atoms with Crippen LogP contribution >= 0.6 is 0 Å². The van der Waals surface area contributed by atoms with Crippen molar-refractivity contribution in [1.29, 1.82) is 0 Å². The van der Waals surface area contributed by atoms with Crippen molar-refractivity contribution in [2.24, 2.45) is 0 Å². The number of aromatic nitrogens is 1. The zero-order chi connectivity index (χ0) is 11.2. The Morgan fingerprint density at radius 1 is 1.00 bits per heavy atom. The highest BCUT2D eigenvalue weighted by Crippen LogP contribution is 2.16. The summed E-state index contributed by atoms with van der Waals surface area (Å²) in [5, 5.41) is 2.72. The van der Waals surface area contributed by atoms with Gasteiger partial charge in [-0.3, -0.25) is 0 Å². The number of fused-ring (bicyclic) bond motifs is 1. The molecule has 1 heterocycles. The van der Waals surface area contributed by atoms with Gasteiger partial charge in [0.2, 0.25) is 0 Å². The molecule has 0 unspecified atom stereocenters. The molecule has 0 saturated heterocycles. The van der Waals surface area contributed by atoms with Crippen molar-refractivity contribution in [1.82, 2.24) is 0 Å². The Morgan fingerprint density at radius 2 is 1.82 bits per heavy atom. The van der Waals surface area contributed by atoms with Crippen LogP contribution in [0.3, 0.4) is 0 Å². The van der Waals surface area contributed by atoms with Gasteiger partial charge < -0.3 is 17.0 Å². The molecule has 1 aromatic heterocycles. The number of pyridine rings is 1. The highest BCUT2D eigenvalue weighted by molar-refractivity contribution is 5.83. The van der Waals surface area contributed by atoms with E-state index in [4.69, 9.17) is 0 Å². The number of hydrogen-bond acceptors (Lipinski definition) is 0. The summed E-state index contributed by atoms with van der Waals surface area (Å²) in [5.74, 6) is 0. The minimum absolute atomic E-state index is 0. The Kier molecular flexibility index (Phi) is 6.20. The van der Waals surface area contributed by atoms with E-state index < -0.39 is 0 Å². The van der Waals surface area contributed by atoms with Crippen LogP contribution in [0.4, 0.5) is 0 Å². The third-order valence-corrected chi connectivity index (χ3v) is 3.09. The molecule has 0 radical (unpaired) electrons. The van der Waals surface area contributed by atoms with Crippen LogP contribution in [0, 0.1) is 0 Å². The molecular weight excluding hydrogens is 274 g/mol.